The Morgan fingerprint density at radius 3 is 2.52 bits per heavy atom. The molecule has 0 aromatic heterocycles. The number of carboxylic acid groups (broad SMARTS) is 1. The molecule has 0 bridgehead atoms. The molecule has 0 atom stereocenters. The molecule has 2 aliphatic heterocycles. The van der Waals surface area contributed by atoms with E-state index in [0.29, 0.717) is 37.6 Å². The molecule has 0 radical (unpaired) electrons. The van der Waals surface area contributed by atoms with Crippen LogP contribution in [0.15, 0.2) is 33.6 Å². The van der Waals surface area contributed by atoms with Crippen LogP contribution in [0, 0.1) is 0 Å². The van der Waals surface area contributed by atoms with Crippen LogP contribution in [0.5, 0.6) is 0 Å². The number of carboxylic acids is 1. The Kier molecular flexibility index (Phi) is 3.42. The second kappa shape index (κ2) is 5.12. The van der Waals surface area contributed by atoms with Gasteiger partial charge in [0.05, 0.1) is 6.54 Å². The molecule has 1 aromatic carbocycles. The molecule has 1 fully saturated rings. The third kappa shape index (κ3) is 2.64. The Morgan fingerprint density at radius 1 is 1.19 bits per heavy atom. The monoisotopic (exact) mass is 309 g/mol. The highest BCUT2D eigenvalue weighted by atomic mass is 32.2. The number of hydrogen-bond acceptors (Lipinski definition) is 5. The maximum Gasteiger partial charge on any atom is 0.317 e. The molecule has 2 heterocycles. The van der Waals surface area contributed by atoms with Gasteiger partial charge in [-0.1, -0.05) is 12.1 Å². The molecule has 112 valence electrons. The molecular formula is C13H15N3O4S. The van der Waals surface area contributed by atoms with E-state index < -0.39 is 16.0 Å². The average Bonchev–Trinajstić information content (AvgIpc) is 2.72. The van der Waals surface area contributed by atoms with Gasteiger partial charge in [-0.2, -0.15) is 8.42 Å². The average molecular weight is 309 g/mol. The van der Waals surface area contributed by atoms with Gasteiger partial charge in [-0.05, 0) is 12.1 Å². The summed E-state index contributed by atoms with van der Waals surface area (Å²) in [6.07, 6.45) is 0. The minimum atomic E-state index is -3.60. The van der Waals surface area contributed by atoms with E-state index >= 15 is 0 Å². The van der Waals surface area contributed by atoms with Gasteiger partial charge in [0, 0.05) is 31.7 Å². The van der Waals surface area contributed by atoms with Gasteiger partial charge in [0.15, 0.2) is 5.84 Å². The van der Waals surface area contributed by atoms with Crippen LogP contribution in [0.25, 0.3) is 0 Å². The molecule has 0 amide bonds. The summed E-state index contributed by atoms with van der Waals surface area (Å²) in [6.45, 7) is 2.29. The van der Waals surface area contributed by atoms with Gasteiger partial charge >= 0.3 is 5.97 Å². The van der Waals surface area contributed by atoms with E-state index in [0.717, 1.165) is 0 Å². The van der Waals surface area contributed by atoms with E-state index in [2.05, 4.69) is 4.40 Å². The number of nitrogens with zero attached hydrogens (tertiary/aromatic N) is 3. The number of aliphatic carboxylic acids is 1. The lowest BCUT2D eigenvalue weighted by Crippen LogP contribution is -2.49. The first-order valence-electron chi connectivity index (χ1n) is 6.61. The number of piperazine rings is 1. The van der Waals surface area contributed by atoms with Crippen molar-refractivity contribution in [1.82, 2.24) is 9.80 Å². The minimum Gasteiger partial charge on any atom is -0.480 e. The third-order valence-corrected chi connectivity index (χ3v) is 4.97. The zero-order valence-corrected chi connectivity index (χ0v) is 12.1. The molecule has 0 aliphatic carbocycles. The van der Waals surface area contributed by atoms with Gasteiger partial charge in [0.2, 0.25) is 0 Å². The molecule has 0 spiro atoms. The molecule has 1 saturated heterocycles. The Morgan fingerprint density at radius 2 is 1.86 bits per heavy atom. The third-order valence-electron chi connectivity index (χ3n) is 3.64. The van der Waals surface area contributed by atoms with Crippen molar-refractivity contribution in [3.8, 4) is 0 Å². The number of amidine groups is 1. The van der Waals surface area contributed by atoms with Gasteiger partial charge in [-0.3, -0.25) is 9.69 Å². The zero-order chi connectivity index (χ0) is 15.0. The van der Waals surface area contributed by atoms with Crippen molar-refractivity contribution in [3.05, 3.63) is 29.8 Å². The van der Waals surface area contributed by atoms with E-state index in [1.807, 2.05) is 9.80 Å². The summed E-state index contributed by atoms with van der Waals surface area (Å²) in [5, 5.41) is 8.78. The lowest BCUT2D eigenvalue weighted by atomic mass is 10.1. The summed E-state index contributed by atoms with van der Waals surface area (Å²) in [5.74, 6) is -0.379. The smallest absolute Gasteiger partial charge is 0.317 e. The van der Waals surface area contributed by atoms with Crippen molar-refractivity contribution in [2.75, 3.05) is 32.7 Å². The second-order valence-corrected chi connectivity index (χ2v) is 6.62. The van der Waals surface area contributed by atoms with Crippen LogP contribution < -0.4 is 0 Å². The maximum atomic E-state index is 12.0. The van der Waals surface area contributed by atoms with E-state index in [9.17, 15) is 13.2 Å². The van der Waals surface area contributed by atoms with Gasteiger partial charge in [0.1, 0.15) is 4.90 Å². The number of rotatable bonds is 2. The van der Waals surface area contributed by atoms with Crippen molar-refractivity contribution in [2.45, 2.75) is 4.90 Å². The Bertz CT molecular complexity index is 706. The molecule has 1 N–H and O–H groups in total. The van der Waals surface area contributed by atoms with E-state index in [1.165, 1.54) is 0 Å². The number of carbonyl (C=O) groups is 1. The quantitative estimate of drug-likeness (QED) is 0.816. The molecular weight excluding hydrogens is 294 g/mol. The highest BCUT2D eigenvalue weighted by molar-refractivity contribution is 7.90. The maximum absolute atomic E-state index is 12.0. The fourth-order valence-electron chi connectivity index (χ4n) is 2.63. The van der Waals surface area contributed by atoms with Crippen LogP contribution in [0.3, 0.4) is 0 Å². The van der Waals surface area contributed by atoms with Crippen molar-refractivity contribution >= 4 is 21.8 Å². The Labute approximate surface area is 122 Å². The highest BCUT2D eigenvalue weighted by Gasteiger charge is 2.32. The van der Waals surface area contributed by atoms with E-state index in [4.69, 9.17) is 5.11 Å². The van der Waals surface area contributed by atoms with Crippen LogP contribution in [-0.4, -0.2) is 67.9 Å². The fourth-order valence-corrected chi connectivity index (χ4v) is 3.85. The van der Waals surface area contributed by atoms with E-state index in [1.54, 1.807) is 24.3 Å². The van der Waals surface area contributed by atoms with Crippen LogP contribution in [0.4, 0.5) is 0 Å². The summed E-state index contributed by atoms with van der Waals surface area (Å²) in [6, 6.07) is 6.78. The van der Waals surface area contributed by atoms with Gasteiger partial charge in [-0.25, -0.2) is 0 Å². The SMILES string of the molecule is O=C(O)CN1CCN(C2=NS(=O)(=O)c3ccccc32)CC1. The van der Waals surface area contributed by atoms with Gasteiger partial charge < -0.3 is 10.0 Å². The zero-order valence-electron chi connectivity index (χ0n) is 11.3. The Hall–Kier alpha value is -1.93. The molecule has 0 saturated carbocycles. The summed E-state index contributed by atoms with van der Waals surface area (Å²) >= 11 is 0. The van der Waals surface area contributed by atoms with Crippen molar-refractivity contribution in [3.63, 3.8) is 0 Å². The summed E-state index contributed by atoms with van der Waals surface area (Å²) in [5.41, 5.74) is 0.629. The standard InChI is InChI=1S/C13H15N3O4S/c17-12(18)9-15-5-7-16(8-6-15)13-10-3-1-2-4-11(10)21(19,20)14-13/h1-4H,5-9H2,(H,17,18). The minimum absolute atomic E-state index is 0.00913. The molecule has 2 aliphatic rings. The van der Waals surface area contributed by atoms with Crippen LogP contribution in [0.2, 0.25) is 0 Å². The number of fused-ring (bicyclic) bond motifs is 1. The molecule has 7 nitrogen and oxygen atoms in total. The Balaban J connectivity index is 1.79. The predicted molar refractivity (Wildman–Crippen MR) is 75.8 cm³/mol. The number of hydrogen-bond donors (Lipinski definition) is 1. The summed E-state index contributed by atoms with van der Waals surface area (Å²) < 4.78 is 27.9. The number of benzene rings is 1. The first-order chi connectivity index (χ1) is 9.97. The van der Waals surface area contributed by atoms with Crippen molar-refractivity contribution in [2.24, 2.45) is 4.40 Å². The molecule has 8 heteroatoms. The van der Waals surface area contributed by atoms with E-state index in [-0.39, 0.29) is 11.4 Å². The first kappa shape index (κ1) is 14.0. The van der Waals surface area contributed by atoms with Crippen molar-refractivity contribution < 1.29 is 18.3 Å². The van der Waals surface area contributed by atoms with Gasteiger partial charge in [-0.15, -0.1) is 4.40 Å². The van der Waals surface area contributed by atoms with Crippen LogP contribution in [0.1, 0.15) is 5.56 Å². The van der Waals surface area contributed by atoms with Gasteiger partial charge in [0.25, 0.3) is 10.0 Å². The predicted octanol–water partition coefficient (Wildman–Crippen LogP) is -0.162. The lowest BCUT2D eigenvalue weighted by molar-refractivity contribution is -0.138. The largest absolute Gasteiger partial charge is 0.480 e. The fraction of sp³-hybridized carbons (Fsp3) is 0.385. The lowest BCUT2D eigenvalue weighted by Gasteiger charge is -2.34. The highest BCUT2D eigenvalue weighted by Crippen LogP contribution is 2.27. The van der Waals surface area contributed by atoms with Crippen molar-refractivity contribution in [1.29, 1.82) is 0 Å². The van der Waals surface area contributed by atoms with Crippen LogP contribution >= 0.6 is 0 Å². The summed E-state index contributed by atoms with van der Waals surface area (Å²) in [7, 11) is -3.60. The first-order valence-corrected chi connectivity index (χ1v) is 8.05. The molecule has 1 aromatic rings. The normalized spacial score (nSPS) is 21.0. The molecule has 0 unspecified atom stereocenters. The summed E-state index contributed by atoms with van der Waals surface area (Å²) in [4.78, 5) is 14.7. The number of sulfonamides is 1. The van der Waals surface area contributed by atoms with Crippen LogP contribution in [-0.2, 0) is 14.8 Å². The molecule has 3 rings (SSSR count). The second-order valence-electron chi connectivity index (χ2n) is 5.04. The molecule has 21 heavy (non-hydrogen) atoms. The topological polar surface area (TPSA) is 90.3 Å².